The average molecular weight is 247 g/mol. The molecule has 0 bridgehead atoms. The molecule has 0 saturated carbocycles. The van der Waals surface area contributed by atoms with Crippen molar-refractivity contribution in [3.63, 3.8) is 0 Å². The Balaban J connectivity index is 2.83. The standard InChI is InChI=1S/C9H8BrFO2/c1-2-9(12)13-8-4-3-6(11)5-7(8)10/h3-5H,2H2,1H3. The fourth-order valence-corrected chi connectivity index (χ4v) is 1.18. The molecule has 0 amide bonds. The summed E-state index contributed by atoms with van der Waals surface area (Å²) in [5.41, 5.74) is 0. The van der Waals surface area contributed by atoms with Crippen molar-refractivity contribution in [2.45, 2.75) is 13.3 Å². The molecule has 0 aliphatic heterocycles. The van der Waals surface area contributed by atoms with Gasteiger partial charge in [0, 0.05) is 6.42 Å². The zero-order chi connectivity index (χ0) is 9.84. The third-order valence-corrected chi connectivity index (χ3v) is 2.03. The zero-order valence-electron chi connectivity index (χ0n) is 7.01. The lowest BCUT2D eigenvalue weighted by atomic mass is 10.3. The first-order valence-electron chi connectivity index (χ1n) is 3.79. The van der Waals surface area contributed by atoms with Crippen molar-refractivity contribution in [3.05, 3.63) is 28.5 Å². The number of carbonyl (C=O) groups is 1. The predicted molar refractivity (Wildman–Crippen MR) is 50.0 cm³/mol. The highest BCUT2D eigenvalue weighted by Gasteiger charge is 2.06. The number of hydrogen-bond donors (Lipinski definition) is 0. The molecule has 2 nitrogen and oxygen atoms in total. The Hall–Kier alpha value is -0.900. The second-order valence-corrected chi connectivity index (χ2v) is 3.26. The van der Waals surface area contributed by atoms with E-state index in [9.17, 15) is 9.18 Å². The fraction of sp³-hybridized carbons (Fsp3) is 0.222. The molecule has 0 spiro atoms. The van der Waals surface area contributed by atoms with Crippen LogP contribution in [0.4, 0.5) is 4.39 Å². The van der Waals surface area contributed by atoms with Gasteiger partial charge in [-0.15, -0.1) is 0 Å². The first kappa shape index (κ1) is 10.2. The van der Waals surface area contributed by atoms with Crippen LogP contribution < -0.4 is 4.74 Å². The summed E-state index contributed by atoms with van der Waals surface area (Å²) in [6, 6.07) is 3.90. The van der Waals surface area contributed by atoms with E-state index < -0.39 is 0 Å². The SMILES string of the molecule is CCC(=O)Oc1ccc(F)cc1Br. The summed E-state index contributed by atoms with van der Waals surface area (Å²) in [6.07, 6.45) is 0.295. The summed E-state index contributed by atoms with van der Waals surface area (Å²) in [4.78, 5) is 10.9. The first-order valence-corrected chi connectivity index (χ1v) is 4.58. The molecule has 0 heterocycles. The number of carbonyl (C=O) groups excluding carboxylic acids is 1. The number of halogens is 2. The summed E-state index contributed by atoms with van der Waals surface area (Å²) in [6.45, 7) is 1.69. The molecule has 0 saturated heterocycles. The van der Waals surface area contributed by atoms with Crippen molar-refractivity contribution in [2.24, 2.45) is 0 Å². The van der Waals surface area contributed by atoms with E-state index in [0.717, 1.165) is 0 Å². The third-order valence-electron chi connectivity index (χ3n) is 1.41. The lowest BCUT2D eigenvalue weighted by Gasteiger charge is -2.04. The lowest BCUT2D eigenvalue weighted by Crippen LogP contribution is -2.05. The highest BCUT2D eigenvalue weighted by atomic mass is 79.9. The van der Waals surface area contributed by atoms with Crippen molar-refractivity contribution in [1.29, 1.82) is 0 Å². The molecule has 0 atom stereocenters. The van der Waals surface area contributed by atoms with E-state index in [4.69, 9.17) is 4.74 Å². The van der Waals surface area contributed by atoms with Gasteiger partial charge in [-0.1, -0.05) is 6.92 Å². The summed E-state index contributed by atoms with van der Waals surface area (Å²) >= 11 is 3.09. The van der Waals surface area contributed by atoms with Gasteiger partial charge in [0.1, 0.15) is 11.6 Å². The molecule has 0 radical (unpaired) electrons. The smallest absolute Gasteiger partial charge is 0.310 e. The minimum Gasteiger partial charge on any atom is -0.425 e. The van der Waals surface area contributed by atoms with E-state index in [1.807, 2.05) is 0 Å². The van der Waals surface area contributed by atoms with Crippen LogP contribution in [0, 0.1) is 5.82 Å². The van der Waals surface area contributed by atoms with Crippen molar-refractivity contribution in [3.8, 4) is 5.75 Å². The van der Waals surface area contributed by atoms with Gasteiger partial charge in [0.15, 0.2) is 0 Å². The van der Waals surface area contributed by atoms with Crippen LogP contribution in [0.5, 0.6) is 5.75 Å². The maximum Gasteiger partial charge on any atom is 0.310 e. The summed E-state index contributed by atoms with van der Waals surface area (Å²) in [7, 11) is 0. The van der Waals surface area contributed by atoms with Gasteiger partial charge >= 0.3 is 5.97 Å². The van der Waals surface area contributed by atoms with E-state index in [-0.39, 0.29) is 11.8 Å². The number of hydrogen-bond acceptors (Lipinski definition) is 2. The molecule has 1 aromatic rings. The number of rotatable bonds is 2. The number of ether oxygens (including phenoxy) is 1. The molecule has 0 fully saturated rings. The average Bonchev–Trinajstić information content (AvgIpc) is 2.09. The highest BCUT2D eigenvalue weighted by Crippen LogP contribution is 2.25. The third kappa shape index (κ3) is 2.81. The van der Waals surface area contributed by atoms with Gasteiger partial charge in [-0.25, -0.2) is 4.39 Å². The summed E-state index contributed by atoms with van der Waals surface area (Å²) < 4.78 is 17.9. The van der Waals surface area contributed by atoms with Crippen LogP contribution in [0.15, 0.2) is 22.7 Å². The van der Waals surface area contributed by atoms with Crippen LogP contribution in [0.25, 0.3) is 0 Å². The van der Waals surface area contributed by atoms with Gasteiger partial charge in [-0.05, 0) is 34.1 Å². The summed E-state index contributed by atoms with van der Waals surface area (Å²) in [5, 5.41) is 0. The molecule has 0 aromatic heterocycles. The van der Waals surface area contributed by atoms with Gasteiger partial charge in [0.05, 0.1) is 4.47 Å². The topological polar surface area (TPSA) is 26.3 Å². The second kappa shape index (κ2) is 4.37. The Labute approximate surface area is 83.8 Å². The maximum absolute atomic E-state index is 12.6. The van der Waals surface area contributed by atoms with Crippen molar-refractivity contribution >= 4 is 21.9 Å². The molecule has 70 valence electrons. The molecular formula is C9H8BrFO2. The molecule has 4 heteroatoms. The molecule has 0 unspecified atom stereocenters. The molecule has 1 aromatic carbocycles. The normalized spacial score (nSPS) is 9.77. The first-order chi connectivity index (χ1) is 6.13. The Kier molecular flexibility index (Phi) is 3.42. The molecule has 0 aliphatic rings. The monoisotopic (exact) mass is 246 g/mol. The Morgan fingerprint density at radius 2 is 2.31 bits per heavy atom. The molecule has 1 rings (SSSR count). The highest BCUT2D eigenvalue weighted by molar-refractivity contribution is 9.10. The van der Waals surface area contributed by atoms with Crippen LogP contribution in [0.2, 0.25) is 0 Å². The fourth-order valence-electron chi connectivity index (χ4n) is 0.753. The van der Waals surface area contributed by atoms with Gasteiger partial charge in [0.2, 0.25) is 0 Å². The van der Waals surface area contributed by atoms with Crippen LogP contribution >= 0.6 is 15.9 Å². The number of benzene rings is 1. The van der Waals surface area contributed by atoms with Gasteiger partial charge in [-0.2, -0.15) is 0 Å². The Morgan fingerprint density at radius 1 is 1.62 bits per heavy atom. The van der Waals surface area contributed by atoms with E-state index in [1.54, 1.807) is 6.92 Å². The number of esters is 1. The van der Waals surface area contributed by atoms with Gasteiger partial charge in [0.25, 0.3) is 0 Å². The van der Waals surface area contributed by atoms with E-state index in [2.05, 4.69) is 15.9 Å². The van der Waals surface area contributed by atoms with Gasteiger partial charge in [-0.3, -0.25) is 4.79 Å². The summed E-state index contributed by atoms with van der Waals surface area (Å²) in [5.74, 6) is -0.372. The largest absolute Gasteiger partial charge is 0.425 e. The van der Waals surface area contributed by atoms with Crippen LogP contribution in [0.3, 0.4) is 0 Å². The van der Waals surface area contributed by atoms with E-state index >= 15 is 0 Å². The van der Waals surface area contributed by atoms with Gasteiger partial charge < -0.3 is 4.74 Å². The predicted octanol–water partition coefficient (Wildman–Crippen LogP) is 2.90. The Bertz CT molecular complexity index is 325. The van der Waals surface area contributed by atoms with Crippen LogP contribution in [0.1, 0.15) is 13.3 Å². The molecular weight excluding hydrogens is 239 g/mol. The van der Waals surface area contributed by atoms with E-state index in [0.29, 0.717) is 16.6 Å². The zero-order valence-corrected chi connectivity index (χ0v) is 8.60. The van der Waals surface area contributed by atoms with E-state index in [1.165, 1.54) is 18.2 Å². The second-order valence-electron chi connectivity index (χ2n) is 2.40. The van der Waals surface area contributed by atoms with Crippen LogP contribution in [-0.4, -0.2) is 5.97 Å². The van der Waals surface area contributed by atoms with Crippen molar-refractivity contribution < 1.29 is 13.9 Å². The van der Waals surface area contributed by atoms with Crippen molar-refractivity contribution in [1.82, 2.24) is 0 Å². The maximum atomic E-state index is 12.6. The lowest BCUT2D eigenvalue weighted by molar-refractivity contribution is -0.134. The minimum absolute atomic E-state index is 0.295. The minimum atomic E-state index is -0.372. The van der Waals surface area contributed by atoms with Crippen molar-refractivity contribution in [2.75, 3.05) is 0 Å². The Morgan fingerprint density at radius 3 is 2.85 bits per heavy atom. The molecule has 13 heavy (non-hydrogen) atoms. The molecule has 0 N–H and O–H groups in total. The van der Waals surface area contributed by atoms with Crippen LogP contribution in [-0.2, 0) is 4.79 Å². The quantitative estimate of drug-likeness (QED) is 0.593. The molecule has 0 aliphatic carbocycles.